The molecule has 0 saturated carbocycles. The number of ether oxygens (including phenoxy) is 2. The van der Waals surface area contributed by atoms with E-state index in [9.17, 15) is 4.39 Å². The van der Waals surface area contributed by atoms with Crippen LogP contribution in [0.1, 0.15) is 18.1 Å². The monoisotopic (exact) mass is 336 g/mol. The number of hydrogen-bond donors (Lipinski definition) is 0. The second-order valence-electron chi connectivity index (χ2n) is 3.82. The van der Waals surface area contributed by atoms with Crippen LogP contribution >= 0.6 is 22.6 Å². The van der Waals surface area contributed by atoms with Gasteiger partial charge in [-0.05, 0) is 24.1 Å². The van der Waals surface area contributed by atoms with Crippen LogP contribution in [0.2, 0.25) is 0 Å². The van der Waals surface area contributed by atoms with Crippen molar-refractivity contribution in [1.29, 1.82) is 0 Å². The molecule has 88 valence electrons. The quantitative estimate of drug-likeness (QED) is 0.621. The Morgan fingerprint density at radius 2 is 2.19 bits per heavy atom. The summed E-state index contributed by atoms with van der Waals surface area (Å²) < 4.78 is 24.9. The van der Waals surface area contributed by atoms with E-state index in [1.54, 1.807) is 12.1 Å². The predicted octanol–water partition coefficient (Wildman–Crippen LogP) is 3.11. The second kappa shape index (κ2) is 5.93. The van der Waals surface area contributed by atoms with Gasteiger partial charge in [-0.3, -0.25) is 0 Å². The van der Waals surface area contributed by atoms with E-state index in [1.165, 1.54) is 12.1 Å². The highest BCUT2D eigenvalue weighted by atomic mass is 127. The van der Waals surface area contributed by atoms with Crippen molar-refractivity contribution in [3.8, 4) is 0 Å². The molecule has 16 heavy (non-hydrogen) atoms. The molecular formula is C12H14FIO2. The van der Waals surface area contributed by atoms with Gasteiger partial charge in [-0.25, -0.2) is 4.39 Å². The highest BCUT2D eigenvalue weighted by Gasteiger charge is 2.21. The van der Waals surface area contributed by atoms with E-state index in [2.05, 4.69) is 22.6 Å². The van der Waals surface area contributed by atoms with E-state index >= 15 is 0 Å². The van der Waals surface area contributed by atoms with E-state index in [0.29, 0.717) is 6.61 Å². The van der Waals surface area contributed by atoms with Crippen LogP contribution in [0.15, 0.2) is 24.3 Å². The minimum Gasteiger partial charge on any atom is -0.379 e. The minimum absolute atomic E-state index is 0.0351. The highest BCUT2D eigenvalue weighted by Crippen LogP contribution is 2.24. The molecule has 4 heteroatoms. The van der Waals surface area contributed by atoms with E-state index in [-0.39, 0.29) is 18.0 Å². The molecule has 2 atom stereocenters. The van der Waals surface area contributed by atoms with Crippen LogP contribution in [0.25, 0.3) is 0 Å². The van der Waals surface area contributed by atoms with Crippen molar-refractivity contribution in [2.75, 3.05) is 17.6 Å². The molecule has 0 radical (unpaired) electrons. The lowest BCUT2D eigenvalue weighted by Gasteiger charge is -2.19. The second-order valence-corrected chi connectivity index (χ2v) is 4.70. The van der Waals surface area contributed by atoms with Crippen molar-refractivity contribution in [2.45, 2.75) is 18.6 Å². The Bertz CT molecular complexity index is 322. The van der Waals surface area contributed by atoms with Gasteiger partial charge in [0.2, 0.25) is 0 Å². The van der Waals surface area contributed by atoms with E-state index < -0.39 is 0 Å². The Hall–Kier alpha value is -0.200. The van der Waals surface area contributed by atoms with Crippen LogP contribution in [-0.4, -0.2) is 23.7 Å². The van der Waals surface area contributed by atoms with Crippen molar-refractivity contribution >= 4 is 22.6 Å². The molecule has 2 unspecified atom stereocenters. The fourth-order valence-electron chi connectivity index (χ4n) is 1.73. The zero-order valence-corrected chi connectivity index (χ0v) is 11.0. The van der Waals surface area contributed by atoms with Crippen LogP contribution in [-0.2, 0) is 9.47 Å². The Kier molecular flexibility index (Phi) is 4.55. The predicted molar refractivity (Wildman–Crippen MR) is 68.3 cm³/mol. The van der Waals surface area contributed by atoms with Gasteiger partial charge in [0.05, 0.1) is 18.8 Å². The van der Waals surface area contributed by atoms with Crippen LogP contribution in [0.4, 0.5) is 4.39 Å². The number of benzene rings is 1. The normalized spacial score (nSPS) is 22.2. The third kappa shape index (κ3) is 3.15. The molecule has 1 fully saturated rings. The average Bonchev–Trinajstić information content (AvgIpc) is 2.80. The van der Waals surface area contributed by atoms with Crippen LogP contribution in [0.5, 0.6) is 0 Å². The molecule has 0 spiro atoms. The maximum atomic E-state index is 12.8. The number of halogens is 2. The van der Waals surface area contributed by atoms with E-state index in [4.69, 9.17) is 9.47 Å². The van der Waals surface area contributed by atoms with Gasteiger partial charge in [0, 0.05) is 11.0 Å². The summed E-state index contributed by atoms with van der Waals surface area (Å²) in [5.74, 6) is -0.208. The van der Waals surface area contributed by atoms with Crippen LogP contribution < -0.4 is 0 Å². The smallest absolute Gasteiger partial charge is 0.123 e. The van der Waals surface area contributed by atoms with Crippen molar-refractivity contribution in [3.05, 3.63) is 35.6 Å². The molecule has 0 aromatic heterocycles. The molecular weight excluding hydrogens is 322 g/mol. The van der Waals surface area contributed by atoms with Crippen LogP contribution in [0, 0.1) is 5.82 Å². The topological polar surface area (TPSA) is 18.5 Å². The standard InChI is InChI=1S/C12H14FIO2/c13-10-3-1-9(2-4-10)12(7-14)16-11-5-6-15-8-11/h1-4,11-12H,5-8H2. The summed E-state index contributed by atoms with van der Waals surface area (Å²) in [6.07, 6.45) is 1.17. The molecule has 1 aliphatic rings. The Morgan fingerprint density at radius 1 is 1.44 bits per heavy atom. The molecule has 1 aromatic rings. The molecule has 0 bridgehead atoms. The fourth-order valence-corrected chi connectivity index (χ4v) is 2.45. The molecule has 2 rings (SSSR count). The zero-order chi connectivity index (χ0) is 11.4. The summed E-state index contributed by atoms with van der Waals surface area (Å²) >= 11 is 2.29. The summed E-state index contributed by atoms with van der Waals surface area (Å²) in [6.45, 7) is 1.45. The van der Waals surface area contributed by atoms with Gasteiger partial charge < -0.3 is 9.47 Å². The molecule has 1 heterocycles. The molecule has 0 N–H and O–H groups in total. The molecule has 0 amide bonds. The van der Waals surface area contributed by atoms with Gasteiger partial charge in [-0.1, -0.05) is 34.7 Å². The molecule has 1 aromatic carbocycles. The number of hydrogen-bond acceptors (Lipinski definition) is 2. The lowest BCUT2D eigenvalue weighted by molar-refractivity contribution is -0.00385. The van der Waals surface area contributed by atoms with Crippen molar-refractivity contribution in [2.24, 2.45) is 0 Å². The zero-order valence-electron chi connectivity index (χ0n) is 8.86. The average molecular weight is 336 g/mol. The summed E-state index contributed by atoms with van der Waals surface area (Å²) in [4.78, 5) is 0. The Morgan fingerprint density at radius 3 is 2.75 bits per heavy atom. The summed E-state index contributed by atoms with van der Waals surface area (Å²) in [7, 11) is 0. The van der Waals surface area contributed by atoms with Gasteiger partial charge in [0.1, 0.15) is 5.82 Å². The largest absolute Gasteiger partial charge is 0.379 e. The van der Waals surface area contributed by atoms with Crippen LogP contribution in [0.3, 0.4) is 0 Å². The Labute approximate surface area is 108 Å². The van der Waals surface area contributed by atoms with Gasteiger partial charge >= 0.3 is 0 Å². The van der Waals surface area contributed by atoms with Crippen molar-refractivity contribution in [3.63, 3.8) is 0 Å². The maximum Gasteiger partial charge on any atom is 0.123 e. The summed E-state index contributed by atoms with van der Waals surface area (Å²) in [5, 5.41) is 0. The summed E-state index contributed by atoms with van der Waals surface area (Å²) in [5.41, 5.74) is 1.03. The first-order valence-corrected chi connectivity index (χ1v) is 6.87. The molecule has 1 saturated heterocycles. The lowest BCUT2D eigenvalue weighted by Crippen LogP contribution is -2.17. The summed E-state index contributed by atoms with van der Waals surface area (Å²) in [6, 6.07) is 6.52. The Balaban J connectivity index is 2.00. The van der Waals surface area contributed by atoms with Crippen molar-refractivity contribution < 1.29 is 13.9 Å². The van der Waals surface area contributed by atoms with Gasteiger partial charge in [0.25, 0.3) is 0 Å². The first kappa shape index (κ1) is 12.3. The van der Waals surface area contributed by atoms with Gasteiger partial charge in [-0.2, -0.15) is 0 Å². The number of rotatable bonds is 4. The lowest BCUT2D eigenvalue weighted by atomic mass is 10.1. The first-order chi connectivity index (χ1) is 7.79. The SMILES string of the molecule is Fc1ccc(C(CI)OC2CCOC2)cc1. The van der Waals surface area contributed by atoms with Crippen molar-refractivity contribution in [1.82, 2.24) is 0 Å². The maximum absolute atomic E-state index is 12.8. The van der Waals surface area contributed by atoms with E-state index in [1.807, 2.05) is 0 Å². The van der Waals surface area contributed by atoms with Gasteiger partial charge in [0.15, 0.2) is 0 Å². The molecule has 2 nitrogen and oxygen atoms in total. The first-order valence-electron chi connectivity index (χ1n) is 5.34. The molecule has 1 aliphatic heterocycles. The highest BCUT2D eigenvalue weighted by molar-refractivity contribution is 14.1. The van der Waals surface area contributed by atoms with E-state index in [0.717, 1.165) is 23.0 Å². The fraction of sp³-hybridized carbons (Fsp3) is 0.500. The minimum atomic E-state index is -0.208. The van der Waals surface area contributed by atoms with Gasteiger partial charge in [-0.15, -0.1) is 0 Å². The third-order valence-corrected chi connectivity index (χ3v) is 3.43. The molecule has 0 aliphatic carbocycles. The number of alkyl halides is 1. The third-order valence-electron chi connectivity index (χ3n) is 2.63.